The van der Waals surface area contributed by atoms with E-state index < -0.39 is 0 Å². The Bertz CT molecular complexity index is 546. The molecule has 0 spiro atoms. The number of aliphatic hydroxyl groups is 1. The number of hydrogen-bond donors (Lipinski definition) is 1. The highest BCUT2D eigenvalue weighted by Gasteiger charge is 2.26. The van der Waals surface area contributed by atoms with E-state index >= 15 is 0 Å². The molecule has 0 unspecified atom stereocenters. The lowest BCUT2D eigenvalue weighted by Gasteiger charge is -2.09. The quantitative estimate of drug-likeness (QED) is 0.907. The minimum Gasteiger partial charge on any atom is -0.392 e. The standard InChI is InChI=1S/C13H13ClN2O/c14-11-3-1-2-10(8-17)13(11)16-7-6-12(15-16)9-4-5-9/h1-3,6-7,9,17H,4-5,8H2. The summed E-state index contributed by atoms with van der Waals surface area (Å²) >= 11 is 6.18. The third kappa shape index (κ3) is 1.96. The third-order valence-electron chi connectivity index (χ3n) is 3.08. The van der Waals surface area contributed by atoms with Gasteiger partial charge in [0.1, 0.15) is 0 Å². The van der Waals surface area contributed by atoms with Gasteiger partial charge in [-0.3, -0.25) is 0 Å². The van der Waals surface area contributed by atoms with E-state index in [0.29, 0.717) is 10.9 Å². The maximum atomic E-state index is 9.33. The zero-order chi connectivity index (χ0) is 11.8. The minimum atomic E-state index is -0.0332. The predicted octanol–water partition coefficient (Wildman–Crippen LogP) is 2.90. The highest BCUT2D eigenvalue weighted by molar-refractivity contribution is 6.32. The van der Waals surface area contributed by atoms with Gasteiger partial charge in [0.25, 0.3) is 0 Å². The Hall–Kier alpha value is -1.32. The number of halogens is 1. The summed E-state index contributed by atoms with van der Waals surface area (Å²) in [5.74, 6) is 0.622. The molecule has 1 heterocycles. The van der Waals surface area contributed by atoms with Crippen LogP contribution in [0.1, 0.15) is 30.0 Å². The van der Waals surface area contributed by atoms with Crippen molar-refractivity contribution in [2.24, 2.45) is 0 Å². The summed E-state index contributed by atoms with van der Waals surface area (Å²) in [5.41, 5.74) is 2.69. The third-order valence-corrected chi connectivity index (χ3v) is 3.38. The van der Waals surface area contributed by atoms with E-state index in [4.69, 9.17) is 11.6 Å². The van der Waals surface area contributed by atoms with Crippen LogP contribution in [0.15, 0.2) is 30.5 Å². The fourth-order valence-corrected chi connectivity index (χ4v) is 2.28. The van der Waals surface area contributed by atoms with Gasteiger partial charge in [0.15, 0.2) is 0 Å². The zero-order valence-corrected chi connectivity index (χ0v) is 10.1. The fraction of sp³-hybridized carbons (Fsp3) is 0.308. The van der Waals surface area contributed by atoms with Crippen LogP contribution in [-0.2, 0) is 6.61 Å². The summed E-state index contributed by atoms with van der Waals surface area (Å²) in [5, 5.41) is 14.5. The lowest BCUT2D eigenvalue weighted by atomic mass is 10.2. The maximum absolute atomic E-state index is 9.33. The number of para-hydroxylation sites is 1. The van der Waals surface area contributed by atoms with Gasteiger partial charge in [-0.15, -0.1) is 0 Å². The molecule has 0 bridgehead atoms. The molecule has 1 aliphatic rings. The second-order valence-corrected chi connectivity index (χ2v) is 4.77. The van der Waals surface area contributed by atoms with E-state index in [-0.39, 0.29) is 6.61 Å². The monoisotopic (exact) mass is 248 g/mol. The molecule has 0 saturated heterocycles. The first-order valence-electron chi connectivity index (χ1n) is 5.74. The highest BCUT2D eigenvalue weighted by atomic mass is 35.5. The molecule has 3 nitrogen and oxygen atoms in total. The van der Waals surface area contributed by atoms with E-state index in [1.54, 1.807) is 4.68 Å². The number of aliphatic hydroxyl groups excluding tert-OH is 1. The average molecular weight is 249 g/mol. The van der Waals surface area contributed by atoms with Crippen LogP contribution in [0.2, 0.25) is 5.02 Å². The predicted molar refractivity (Wildman–Crippen MR) is 66.5 cm³/mol. The molecule has 4 heteroatoms. The molecule has 17 heavy (non-hydrogen) atoms. The van der Waals surface area contributed by atoms with E-state index in [1.807, 2.05) is 30.5 Å². The molecule has 1 aromatic heterocycles. The van der Waals surface area contributed by atoms with Crippen molar-refractivity contribution in [3.8, 4) is 5.69 Å². The normalized spacial score (nSPS) is 15.2. The van der Waals surface area contributed by atoms with Gasteiger partial charge in [-0.2, -0.15) is 5.10 Å². The van der Waals surface area contributed by atoms with Crippen LogP contribution in [0.25, 0.3) is 5.69 Å². The summed E-state index contributed by atoms with van der Waals surface area (Å²) < 4.78 is 1.77. The van der Waals surface area contributed by atoms with Gasteiger partial charge in [-0.05, 0) is 25.0 Å². The Morgan fingerprint density at radius 1 is 1.35 bits per heavy atom. The van der Waals surface area contributed by atoms with Crippen molar-refractivity contribution in [2.45, 2.75) is 25.4 Å². The van der Waals surface area contributed by atoms with Crippen LogP contribution in [0.3, 0.4) is 0 Å². The second-order valence-electron chi connectivity index (χ2n) is 4.37. The van der Waals surface area contributed by atoms with Crippen LogP contribution in [0.5, 0.6) is 0 Å². The number of aromatic nitrogens is 2. The van der Waals surface area contributed by atoms with Crippen molar-refractivity contribution in [3.05, 3.63) is 46.7 Å². The van der Waals surface area contributed by atoms with E-state index in [0.717, 1.165) is 16.9 Å². The zero-order valence-electron chi connectivity index (χ0n) is 9.31. The molecule has 1 aromatic carbocycles. The topological polar surface area (TPSA) is 38.0 Å². The van der Waals surface area contributed by atoms with Crippen molar-refractivity contribution in [1.82, 2.24) is 9.78 Å². The SMILES string of the molecule is OCc1cccc(Cl)c1-n1ccc(C2CC2)n1. The van der Waals surface area contributed by atoms with Gasteiger partial charge in [0, 0.05) is 17.7 Å². The second kappa shape index (κ2) is 4.17. The number of rotatable bonds is 3. The lowest BCUT2D eigenvalue weighted by molar-refractivity contribution is 0.281. The van der Waals surface area contributed by atoms with Crippen LogP contribution in [0, 0.1) is 0 Å². The lowest BCUT2D eigenvalue weighted by Crippen LogP contribution is -2.02. The molecular formula is C13H13ClN2O. The number of nitrogens with zero attached hydrogens (tertiary/aromatic N) is 2. The Kier molecular flexibility index (Phi) is 2.65. The van der Waals surface area contributed by atoms with Gasteiger partial charge in [-0.25, -0.2) is 4.68 Å². The summed E-state index contributed by atoms with van der Waals surface area (Å²) in [6, 6.07) is 7.54. The van der Waals surface area contributed by atoms with Gasteiger partial charge < -0.3 is 5.11 Å². The summed E-state index contributed by atoms with van der Waals surface area (Å²) in [6.07, 6.45) is 4.37. The molecule has 1 aliphatic carbocycles. The molecule has 0 radical (unpaired) electrons. The average Bonchev–Trinajstić information content (AvgIpc) is 3.08. The fourth-order valence-electron chi connectivity index (χ4n) is 2.00. The Balaban J connectivity index is 2.06. The molecule has 1 saturated carbocycles. The number of benzene rings is 1. The summed E-state index contributed by atoms with van der Waals surface area (Å²) in [4.78, 5) is 0. The molecule has 0 amide bonds. The first-order chi connectivity index (χ1) is 8.29. The highest BCUT2D eigenvalue weighted by Crippen LogP contribution is 2.39. The Labute approximate surface area is 105 Å². The van der Waals surface area contributed by atoms with Gasteiger partial charge in [-0.1, -0.05) is 23.7 Å². The number of hydrogen-bond acceptors (Lipinski definition) is 2. The van der Waals surface area contributed by atoms with E-state index in [2.05, 4.69) is 5.10 Å². The van der Waals surface area contributed by atoms with Crippen molar-refractivity contribution in [3.63, 3.8) is 0 Å². The van der Waals surface area contributed by atoms with Crippen LogP contribution >= 0.6 is 11.6 Å². The molecular weight excluding hydrogens is 236 g/mol. The summed E-state index contributed by atoms with van der Waals surface area (Å²) in [7, 11) is 0. The van der Waals surface area contributed by atoms with Crippen molar-refractivity contribution >= 4 is 11.6 Å². The van der Waals surface area contributed by atoms with Crippen molar-refractivity contribution in [1.29, 1.82) is 0 Å². The van der Waals surface area contributed by atoms with Crippen LogP contribution < -0.4 is 0 Å². The van der Waals surface area contributed by atoms with E-state index in [9.17, 15) is 5.11 Å². The first-order valence-corrected chi connectivity index (χ1v) is 6.11. The summed E-state index contributed by atoms with van der Waals surface area (Å²) in [6.45, 7) is -0.0332. The maximum Gasteiger partial charge on any atom is 0.0886 e. The molecule has 1 fully saturated rings. The van der Waals surface area contributed by atoms with Crippen LogP contribution in [-0.4, -0.2) is 14.9 Å². The minimum absolute atomic E-state index is 0.0332. The van der Waals surface area contributed by atoms with Crippen LogP contribution in [0.4, 0.5) is 0 Å². The first kappa shape index (κ1) is 10.8. The molecule has 2 aromatic rings. The smallest absolute Gasteiger partial charge is 0.0886 e. The molecule has 1 N–H and O–H groups in total. The molecule has 0 atom stereocenters. The van der Waals surface area contributed by atoms with Crippen molar-refractivity contribution in [2.75, 3.05) is 0 Å². The van der Waals surface area contributed by atoms with Crippen molar-refractivity contribution < 1.29 is 5.11 Å². The molecule has 88 valence electrons. The Morgan fingerprint density at radius 2 is 2.18 bits per heavy atom. The van der Waals surface area contributed by atoms with Gasteiger partial charge >= 0.3 is 0 Å². The van der Waals surface area contributed by atoms with Gasteiger partial charge in [0.05, 0.1) is 23.0 Å². The molecule has 3 rings (SSSR count). The van der Waals surface area contributed by atoms with Gasteiger partial charge in [0.2, 0.25) is 0 Å². The largest absolute Gasteiger partial charge is 0.392 e. The Morgan fingerprint density at radius 3 is 2.88 bits per heavy atom. The van der Waals surface area contributed by atoms with E-state index in [1.165, 1.54) is 12.8 Å². The molecule has 0 aliphatic heterocycles.